The van der Waals surface area contributed by atoms with Crippen LogP contribution in [0.2, 0.25) is 0 Å². The molecule has 4 aromatic rings. The van der Waals surface area contributed by atoms with Gasteiger partial charge in [-0.2, -0.15) is 15.2 Å². The highest BCUT2D eigenvalue weighted by atomic mass is 16.5. The van der Waals surface area contributed by atoms with Crippen molar-refractivity contribution in [1.29, 1.82) is 0 Å². The summed E-state index contributed by atoms with van der Waals surface area (Å²) in [6.45, 7) is 8.23. The molecule has 0 aliphatic heterocycles. The second kappa shape index (κ2) is 10.2. The maximum absolute atomic E-state index is 12.7. The van der Waals surface area contributed by atoms with E-state index in [4.69, 9.17) is 9.47 Å². The average molecular weight is 506 g/mol. The molecule has 194 valence electrons. The van der Waals surface area contributed by atoms with Gasteiger partial charge in [0.05, 0.1) is 30.7 Å². The van der Waals surface area contributed by atoms with Crippen LogP contribution in [0, 0.1) is 0 Å². The fourth-order valence-electron chi connectivity index (χ4n) is 3.58. The zero-order valence-electron chi connectivity index (χ0n) is 22.0. The molecule has 0 saturated carbocycles. The lowest BCUT2D eigenvalue weighted by molar-refractivity contribution is 0.0526. The minimum Gasteiger partial charge on any atom is -0.494 e. The fraction of sp³-hybridized carbons (Fsp3) is 0.360. The topological polar surface area (TPSA) is 134 Å². The number of benzene rings is 1. The second-order valence-corrected chi connectivity index (χ2v) is 9.34. The van der Waals surface area contributed by atoms with E-state index in [2.05, 4.69) is 56.6 Å². The first kappa shape index (κ1) is 25.6. The Bertz CT molecular complexity index is 1420. The van der Waals surface area contributed by atoms with Gasteiger partial charge in [-0.05, 0) is 19.1 Å². The lowest BCUT2D eigenvalue weighted by Gasteiger charge is -2.16. The van der Waals surface area contributed by atoms with Gasteiger partial charge in [-0.15, -0.1) is 0 Å². The summed E-state index contributed by atoms with van der Waals surface area (Å²) >= 11 is 0. The Labute approximate surface area is 215 Å². The van der Waals surface area contributed by atoms with E-state index in [-0.39, 0.29) is 29.4 Å². The highest BCUT2D eigenvalue weighted by molar-refractivity contribution is 5.96. The summed E-state index contributed by atoms with van der Waals surface area (Å²) in [5.41, 5.74) is 2.23. The first-order valence-corrected chi connectivity index (χ1v) is 11.8. The third-order valence-corrected chi connectivity index (χ3v) is 5.48. The predicted octanol–water partition coefficient (Wildman–Crippen LogP) is 3.98. The van der Waals surface area contributed by atoms with Crippen LogP contribution in [-0.2, 0) is 24.2 Å². The van der Waals surface area contributed by atoms with Crippen molar-refractivity contribution in [3.8, 4) is 17.1 Å². The van der Waals surface area contributed by atoms with Crippen molar-refractivity contribution in [3.63, 3.8) is 0 Å². The van der Waals surface area contributed by atoms with E-state index in [9.17, 15) is 4.79 Å². The van der Waals surface area contributed by atoms with E-state index < -0.39 is 5.97 Å². The highest BCUT2D eigenvalue weighted by Crippen LogP contribution is 2.37. The monoisotopic (exact) mass is 505 g/mol. The molecule has 0 bridgehead atoms. The smallest absolute Gasteiger partial charge is 0.343 e. The Balaban J connectivity index is 1.73. The molecule has 0 fully saturated rings. The van der Waals surface area contributed by atoms with Crippen molar-refractivity contribution in [2.24, 2.45) is 14.1 Å². The van der Waals surface area contributed by atoms with E-state index in [0.717, 1.165) is 5.69 Å². The lowest BCUT2D eigenvalue weighted by Crippen LogP contribution is -2.12. The van der Waals surface area contributed by atoms with Gasteiger partial charge < -0.3 is 20.1 Å². The summed E-state index contributed by atoms with van der Waals surface area (Å²) in [5.74, 6) is 1.69. The number of carbonyl (C=O) groups is 1. The summed E-state index contributed by atoms with van der Waals surface area (Å²) in [6.07, 6.45) is 3.03. The summed E-state index contributed by atoms with van der Waals surface area (Å²) in [5, 5.41) is 15.4. The molecule has 0 unspecified atom stereocenters. The molecule has 3 aromatic heterocycles. The number of nitrogens with zero attached hydrogens (tertiary/aromatic N) is 7. The normalized spacial score (nSPS) is 11.3. The second-order valence-electron chi connectivity index (χ2n) is 9.34. The molecule has 3 heterocycles. The Morgan fingerprint density at radius 3 is 2.51 bits per heavy atom. The molecule has 0 saturated heterocycles. The molecular weight excluding hydrogens is 474 g/mol. The van der Waals surface area contributed by atoms with E-state index in [1.807, 2.05) is 31.3 Å². The minimum atomic E-state index is -0.548. The molecule has 12 nitrogen and oxygen atoms in total. The Kier molecular flexibility index (Phi) is 7.09. The quantitative estimate of drug-likeness (QED) is 0.339. The van der Waals surface area contributed by atoms with Crippen LogP contribution in [0.3, 0.4) is 0 Å². The van der Waals surface area contributed by atoms with Crippen LogP contribution in [-0.4, -0.2) is 54.2 Å². The van der Waals surface area contributed by atoms with Crippen LogP contribution < -0.4 is 15.4 Å². The van der Waals surface area contributed by atoms with Crippen molar-refractivity contribution in [3.05, 3.63) is 48.0 Å². The van der Waals surface area contributed by atoms with Gasteiger partial charge >= 0.3 is 5.97 Å². The molecule has 12 heteroatoms. The highest BCUT2D eigenvalue weighted by Gasteiger charge is 2.22. The van der Waals surface area contributed by atoms with Gasteiger partial charge in [0.25, 0.3) is 0 Å². The predicted molar refractivity (Wildman–Crippen MR) is 139 cm³/mol. The van der Waals surface area contributed by atoms with Gasteiger partial charge in [0.15, 0.2) is 17.4 Å². The zero-order valence-corrected chi connectivity index (χ0v) is 22.0. The van der Waals surface area contributed by atoms with Gasteiger partial charge in [-0.3, -0.25) is 9.36 Å². The van der Waals surface area contributed by atoms with Gasteiger partial charge in [-0.25, -0.2) is 14.8 Å². The number of nitrogens with one attached hydrogen (secondary N) is 2. The number of hydrogen-bond acceptors (Lipinski definition) is 10. The van der Waals surface area contributed by atoms with Crippen molar-refractivity contribution in [1.82, 2.24) is 34.5 Å². The van der Waals surface area contributed by atoms with Crippen molar-refractivity contribution >= 4 is 29.2 Å². The van der Waals surface area contributed by atoms with Gasteiger partial charge in [-0.1, -0.05) is 26.8 Å². The van der Waals surface area contributed by atoms with Crippen LogP contribution in [0.1, 0.15) is 43.7 Å². The number of carbonyl (C=O) groups excluding carboxylic acids is 1. The number of esters is 1. The molecule has 1 aromatic carbocycles. The number of para-hydroxylation sites is 1. The third kappa shape index (κ3) is 5.52. The first-order chi connectivity index (χ1) is 17.6. The average Bonchev–Trinajstić information content (AvgIpc) is 3.44. The molecule has 2 N–H and O–H groups in total. The number of aromatic nitrogens is 7. The molecule has 0 spiro atoms. The Hall–Kier alpha value is -4.48. The number of rotatable bonds is 8. The zero-order chi connectivity index (χ0) is 26.7. The summed E-state index contributed by atoms with van der Waals surface area (Å²) in [7, 11) is 5.19. The van der Waals surface area contributed by atoms with E-state index in [1.54, 1.807) is 36.8 Å². The van der Waals surface area contributed by atoms with Crippen molar-refractivity contribution in [2.45, 2.75) is 33.1 Å². The summed E-state index contributed by atoms with van der Waals surface area (Å²) < 4.78 is 14.3. The molecule has 0 amide bonds. The standard InChI is InChI=1S/C25H31N9O3/c1-8-37-23(35)16-13-26-24(29-19-12-18(25(2,3)4)31-34(19)6)30-22(16)28-17-11-9-10-15(20(17)36-7)21-27-14-33(5)32-21/h9-14H,8H2,1-7H3,(H2,26,28,29,30). The van der Waals surface area contributed by atoms with Crippen LogP contribution in [0.15, 0.2) is 36.8 Å². The number of aryl methyl sites for hydroxylation is 2. The number of hydrogen-bond donors (Lipinski definition) is 2. The third-order valence-electron chi connectivity index (χ3n) is 5.48. The van der Waals surface area contributed by atoms with Crippen LogP contribution in [0.4, 0.5) is 23.3 Å². The number of anilines is 4. The molecule has 0 aliphatic rings. The Morgan fingerprint density at radius 2 is 1.89 bits per heavy atom. The van der Waals surface area contributed by atoms with Gasteiger partial charge in [0.2, 0.25) is 5.95 Å². The largest absolute Gasteiger partial charge is 0.494 e. The molecule has 0 radical (unpaired) electrons. The molecule has 0 atom stereocenters. The van der Waals surface area contributed by atoms with Crippen LogP contribution in [0.5, 0.6) is 5.75 Å². The van der Waals surface area contributed by atoms with Crippen molar-refractivity contribution < 1.29 is 14.3 Å². The maximum Gasteiger partial charge on any atom is 0.343 e. The first-order valence-electron chi connectivity index (χ1n) is 11.8. The maximum atomic E-state index is 12.7. The van der Waals surface area contributed by atoms with Gasteiger partial charge in [0, 0.05) is 31.8 Å². The Morgan fingerprint density at radius 1 is 1.11 bits per heavy atom. The fourth-order valence-corrected chi connectivity index (χ4v) is 3.58. The molecule has 0 aliphatic carbocycles. The summed E-state index contributed by atoms with van der Waals surface area (Å²) in [6, 6.07) is 7.45. The molecule has 4 rings (SSSR count). The summed E-state index contributed by atoms with van der Waals surface area (Å²) in [4.78, 5) is 26.0. The number of methoxy groups -OCH3 is 1. The van der Waals surface area contributed by atoms with E-state index >= 15 is 0 Å². The van der Waals surface area contributed by atoms with Crippen molar-refractivity contribution in [2.75, 3.05) is 24.4 Å². The van der Waals surface area contributed by atoms with E-state index in [0.29, 0.717) is 28.6 Å². The van der Waals surface area contributed by atoms with Gasteiger partial charge in [0.1, 0.15) is 17.7 Å². The van der Waals surface area contributed by atoms with E-state index in [1.165, 1.54) is 6.20 Å². The number of ether oxygens (including phenoxy) is 2. The van der Waals surface area contributed by atoms with Crippen LogP contribution in [0.25, 0.3) is 11.4 Å². The van der Waals surface area contributed by atoms with Crippen LogP contribution >= 0.6 is 0 Å². The molecular formula is C25H31N9O3. The SMILES string of the molecule is CCOC(=O)c1cnc(Nc2cc(C(C)(C)C)nn2C)nc1Nc1cccc(-c2ncn(C)n2)c1OC. The lowest BCUT2D eigenvalue weighted by atomic mass is 9.92. The molecule has 37 heavy (non-hydrogen) atoms. The minimum absolute atomic E-state index is 0.122.